The van der Waals surface area contributed by atoms with E-state index in [1.54, 1.807) is 0 Å². The summed E-state index contributed by atoms with van der Waals surface area (Å²) < 4.78 is 1.08. The van der Waals surface area contributed by atoms with Crippen LogP contribution in [0.4, 0.5) is 0 Å². The number of rotatable bonds is 5. The second-order valence-corrected chi connectivity index (χ2v) is 6.58. The maximum atomic E-state index is 3.35. The molecule has 72 valence electrons. The summed E-state index contributed by atoms with van der Waals surface area (Å²) in [6, 6.07) is 0. The zero-order valence-electron chi connectivity index (χ0n) is 8.11. The van der Waals surface area contributed by atoms with E-state index in [0.717, 1.165) is 15.2 Å². The van der Waals surface area contributed by atoms with E-state index < -0.39 is 0 Å². The van der Waals surface area contributed by atoms with Crippen molar-refractivity contribution in [1.82, 2.24) is 0 Å². The highest BCUT2D eigenvalue weighted by Crippen LogP contribution is 2.19. The zero-order valence-corrected chi connectivity index (χ0v) is 11.3. The highest BCUT2D eigenvalue weighted by Gasteiger charge is 2.03. The van der Waals surface area contributed by atoms with Gasteiger partial charge in [-0.05, 0) is 63.0 Å². The van der Waals surface area contributed by atoms with E-state index in [1.165, 1.54) is 19.3 Å². The van der Waals surface area contributed by atoms with Crippen molar-refractivity contribution in [2.45, 2.75) is 40.0 Å². The Bertz CT molecular complexity index is 135. The van der Waals surface area contributed by atoms with Crippen LogP contribution in [0.25, 0.3) is 0 Å². The first kappa shape index (κ1) is 12.7. The third-order valence-electron chi connectivity index (χ3n) is 1.83. The molecule has 0 aliphatic heterocycles. The molecule has 0 fully saturated rings. The average Bonchev–Trinajstić information content (AvgIpc) is 1.84. The minimum absolute atomic E-state index is 0.830. The van der Waals surface area contributed by atoms with Gasteiger partial charge in [-0.25, -0.2) is 0 Å². The van der Waals surface area contributed by atoms with Gasteiger partial charge in [0.2, 0.25) is 0 Å². The van der Waals surface area contributed by atoms with Crippen molar-refractivity contribution in [3.8, 4) is 0 Å². The lowest BCUT2D eigenvalue weighted by Crippen LogP contribution is -1.99. The number of hydrogen-bond acceptors (Lipinski definition) is 0. The van der Waals surface area contributed by atoms with Crippen LogP contribution in [-0.2, 0) is 0 Å². The second-order valence-electron chi connectivity index (χ2n) is 3.81. The average molecular weight is 298 g/mol. The topological polar surface area (TPSA) is 0 Å². The first-order valence-electron chi connectivity index (χ1n) is 4.53. The van der Waals surface area contributed by atoms with Crippen LogP contribution in [0.1, 0.15) is 40.0 Å². The fourth-order valence-corrected chi connectivity index (χ4v) is 1.86. The first-order valence-corrected chi connectivity index (χ1v) is 6.12. The van der Waals surface area contributed by atoms with E-state index in [1.807, 2.05) is 0 Å². The fourth-order valence-electron chi connectivity index (χ4n) is 1.40. The molecule has 1 unspecified atom stereocenters. The van der Waals surface area contributed by atoms with Crippen LogP contribution in [0.2, 0.25) is 0 Å². The molecule has 0 aliphatic rings. The van der Waals surface area contributed by atoms with Crippen LogP contribution in [-0.4, -0.2) is 0 Å². The van der Waals surface area contributed by atoms with Gasteiger partial charge in [0.15, 0.2) is 0 Å². The fraction of sp³-hybridized carbons (Fsp3) is 0.800. The van der Waals surface area contributed by atoms with Gasteiger partial charge in [0.25, 0.3) is 0 Å². The summed E-state index contributed by atoms with van der Waals surface area (Å²) in [6.07, 6.45) is 5.98. The van der Waals surface area contributed by atoms with E-state index in [2.05, 4.69) is 58.7 Å². The van der Waals surface area contributed by atoms with Crippen LogP contribution in [0.15, 0.2) is 9.47 Å². The molecule has 0 heterocycles. The molecular formula is C10H18Br2. The molecule has 0 bridgehead atoms. The van der Waals surface area contributed by atoms with Gasteiger partial charge in [-0.15, -0.1) is 0 Å². The summed E-state index contributed by atoms with van der Waals surface area (Å²) >= 11 is 6.71. The van der Waals surface area contributed by atoms with Crippen LogP contribution in [0.3, 0.4) is 0 Å². The Kier molecular flexibility index (Phi) is 7.55. The lowest BCUT2D eigenvalue weighted by atomic mass is 9.95. The summed E-state index contributed by atoms with van der Waals surface area (Å²) in [6.45, 7) is 6.90. The third-order valence-corrected chi connectivity index (χ3v) is 2.48. The Morgan fingerprint density at radius 2 is 1.83 bits per heavy atom. The molecule has 0 saturated carbocycles. The lowest BCUT2D eigenvalue weighted by Gasteiger charge is -2.11. The van der Waals surface area contributed by atoms with Gasteiger partial charge in [-0.1, -0.05) is 26.8 Å². The molecule has 0 N–H and O–H groups in total. The van der Waals surface area contributed by atoms with Gasteiger partial charge in [-0.3, -0.25) is 0 Å². The highest BCUT2D eigenvalue weighted by atomic mass is 79.9. The summed E-state index contributed by atoms with van der Waals surface area (Å²) in [5.74, 6) is 1.68. The lowest BCUT2D eigenvalue weighted by molar-refractivity contribution is 0.418. The summed E-state index contributed by atoms with van der Waals surface area (Å²) in [5, 5.41) is 0. The number of hydrogen-bond donors (Lipinski definition) is 0. The Hall–Kier alpha value is 0.700. The van der Waals surface area contributed by atoms with Gasteiger partial charge in [0, 0.05) is 0 Å². The number of halogens is 2. The molecule has 0 spiro atoms. The highest BCUT2D eigenvalue weighted by molar-refractivity contribution is 9.28. The molecule has 0 radical (unpaired) electrons. The zero-order chi connectivity index (χ0) is 9.56. The summed E-state index contributed by atoms with van der Waals surface area (Å²) in [5.41, 5.74) is 0. The van der Waals surface area contributed by atoms with Crippen LogP contribution in [0, 0.1) is 11.8 Å². The molecule has 2 heteroatoms. The smallest absolute Gasteiger partial charge is 0.0564 e. The van der Waals surface area contributed by atoms with Crippen LogP contribution < -0.4 is 0 Å². The Labute approximate surface area is 93.1 Å². The van der Waals surface area contributed by atoms with E-state index in [4.69, 9.17) is 0 Å². The Morgan fingerprint density at radius 1 is 1.25 bits per heavy atom. The summed E-state index contributed by atoms with van der Waals surface area (Å²) in [4.78, 5) is 0. The van der Waals surface area contributed by atoms with E-state index >= 15 is 0 Å². The van der Waals surface area contributed by atoms with Crippen molar-refractivity contribution >= 4 is 31.9 Å². The number of allylic oxidation sites excluding steroid dienone is 1. The predicted octanol–water partition coefficient (Wildman–Crippen LogP) is 5.08. The van der Waals surface area contributed by atoms with Gasteiger partial charge in [0.05, 0.1) is 3.39 Å². The van der Waals surface area contributed by atoms with Crippen LogP contribution >= 0.6 is 31.9 Å². The molecule has 0 aromatic rings. The molecule has 0 nitrogen and oxygen atoms in total. The quantitative estimate of drug-likeness (QED) is 0.664. The van der Waals surface area contributed by atoms with Crippen molar-refractivity contribution in [1.29, 1.82) is 0 Å². The van der Waals surface area contributed by atoms with Gasteiger partial charge >= 0.3 is 0 Å². The van der Waals surface area contributed by atoms with Gasteiger partial charge in [0.1, 0.15) is 0 Å². The molecule has 12 heavy (non-hydrogen) atoms. The third kappa shape index (κ3) is 8.79. The van der Waals surface area contributed by atoms with E-state index in [0.29, 0.717) is 0 Å². The first-order chi connectivity index (χ1) is 5.52. The van der Waals surface area contributed by atoms with Gasteiger partial charge < -0.3 is 0 Å². The molecular weight excluding hydrogens is 280 g/mol. The molecule has 0 aromatic heterocycles. The largest absolute Gasteiger partial charge is 0.0632 e. The molecule has 1 atom stereocenters. The van der Waals surface area contributed by atoms with Crippen molar-refractivity contribution in [3.63, 3.8) is 0 Å². The van der Waals surface area contributed by atoms with E-state index in [9.17, 15) is 0 Å². The van der Waals surface area contributed by atoms with Crippen molar-refractivity contribution < 1.29 is 0 Å². The van der Waals surface area contributed by atoms with Crippen molar-refractivity contribution in [2.75, 3.05) is 0 Å². The maximum Gasteiger partial charge on any atom is 0.0564 e. The molecule has 0 rings (SSSR count). The molecule has 0 saturated heterocycles. The van der Waals surface area contributed by atoms with Crippen LogP contribution in [0.5, 0.6) is 0 Å². The molecule has 0 aliphatic carbocycles. The Balaban J connectivity index is 3.44. The SMILES string of the molecule is CC(C)CC(C)CCC=C(Br)Br. The maximum absolute atomic E-state index is 3.35. The molecule has 0 amide bonds. The predicted molar refractivity (Wildman–Crippen MR) is 63.8 cm³/mol. The van der Waals surface area contributed by atoms with Crippen molar-refractivity contribution in [3.05, 3.63) is 9.47 Å². The minimum Gasteiger partial charge on any atom is -0.0632 e. The monoisotopic (exact) mass is 296 g/mol. The normalized spacial score (nSPS) is 13.2. The van der Waals surface area contributed by atoms with Crippen molar-refractivity contribution in [2.24, 2.45) is 11.8 Å². The second kappa shape index (κ2) is 7.14. The van der Waals surface area contributed by atoms with Gasteiger partial charge in [-0.2, -0.15) is 0 Å². The Morgan fingerprint density at radius 3 is 2.25 bits per heavy atom. The minimum atomic E-state index is 0.830. The molecule has 0 aromatic carbocycles. The standard InChI is InChI=1S/C10H18Br2/c1-8(2)7-9(3)5-4-6-10(11)12/h6,8-9H,4-5,7H2,1-3H3. The summed E-state index contributed by atoms with van der Waals surface area (Å²) in [7, 11) is 0. The van der Waals surface area contributed by atoms with E-state index in [-0.39, 0.29) is 0 Å².